The normalized spacial score (nSPS) is 11.3. The van der Waals surface area contributed by atoms with Crippen LogP contribution in [0.15, 0.2) is 6.07 Å². The number of aryl methyl sites for hydroxylation is 1. The van der Waals surface area contributed by atoms with Crippen LogP contribution < -0.4 is 5.32 Å². The van der Waals surface area contributed by atoms with Crippen molar-refractivity contribution in [2.75, 3.05) is 19.0 Å². The number of aromatic nitrogens is 2. The molecule has 0 fully saturated rings. The van der Waals surface area contributed by atoms with Crippen molar-refractivity contribution in [2.24, 2.45) is 0 Å². The summed E-state index contributed by atoms with van der Waals surface area (Å²) in [6.45, 7) is 3.81. The Morgan fingerprint density at radius 3 is 2.45 bits per heavy atom. The Kier molecular flexibility index (Phi) is 6.67. The number of thiophene rings is 1. The Balaban J connectivity index is 2.34. The summed E-state index contributed by atoms with van der Waals surface area (Å²) in [5.41, 5.74) is -0.812. The van der Waals surface area contributed by atoms with Crippen molar-refractivity contribution in [2.45, 2.75) is 33.5 Å². The summed E-state index contributed by atoms with van der Waals surface area (Å²) in [4.78, 5) is 36.6. The highest BCUT2D eigenvalue weighted by molar-refractivity contribution is 7.18. The number of halogens is 3. The third-order valence-corrected chi connectivity index (χ3v) is 4.92. The summed E-state index contributed by atoms with van der Waals surface area (Å²) < 4.78 is 49.3. The van der Waals surface area contributed by atoms with Crippen LogP contribution in [0, 0.1) is 13.8 Å². The first-order chi connectivity index (χ1) is 13.5. The number of rotatable bonds is 6. The zero-order valence-electron chi connectivity index (χ0n) is 16.0. The second-order valence-corrected chi connectivity index (χ2v) is 6.87. The van der Waals surface area contributed by atoms with Crippen molar-refractivity contribution >= 4 is 34.2 Å². The van der Waals surface area contributed by atoms with Crippen LogP contribution in [0.25, 0.3) is 0 Å². The smallest absolute Gasteiger partial charge is 0.433 e. The van der Waals surface area contributed by atoms with E-state index in [2.05, 4.69) is 15.2 Å². The minimum absolute atomic E-state index is 0.0279. The minimum Gasteiger partial charge on any atom is -0.465 e. The van der Waals surface area contributed by atoms with E-state index < -0.39 is 36.3 Å². The van der Waals surface area contributed by atoms with Gasteiger partial charge in [0.2, 0.25) is 5.91 Å². The number of nitrogens with one attached hydrogen (secondary N) is 1. The second kappa shape index (κ2) is 8.64. The summed E-state index contributed by atoms with van der Waals surface area (Å²) in [7, 11) is 1.12. The van der Waals surface area contributed by atoms with Crippen LogP contribution in [0.3, 0.4) is 0 Å². The highest BCUT2D eigenvalue weighted by atomic mass is 32.1. The van der Waals surface area contributed by atoms with Crippen LogP contribution in [0.4, 0.5) is 18.2 Å². The van der Waals surface area contributed by atoms with E-state index in [1.165, 1.54) is 13.8 Å². The summed E-state index contributed by atoms with van der Waals surface area (Å²) in [5, 5.41) is 6.02. The zero-order chi connectivity index (χ0) is 21.9. The molecule has 0 radical (unpaired) electrons. The molecular weight excluding hydrogens is 415 g/mol. The number of anilines is 1. The topological polar surface area (TPSA) is 99.5 Å². The molecule has 0 unspecified atom stereocenters. The summed E-state index contributed by atoms with van der Waals surface area (Å²) in [5.74, 6) is -2.36. The molecular formula is C17H18F3N3O5S. The molecule has 158 valence electrons. The average molecular weight is 433 g/mol. The molecule has 0 spiro atoms. The number of hydrogen-bond acceptors (Lipinski definition) is 7. The largest absolute Gasteiger partial charge is 0.465 e. The van der Waals surface area contributed by atoms with Crippen molar-refractivity contribution in [1.29, 1.82) is 0 Å². The van der Waals surface area contributed by atoms with Crippen LogP contribution in [0.5, 0.6) is 0 Å². The monoisotopic (exact) mass is 433 g/mol. The molecule has 1 N–H and O–H groups in total. The third-order valence-electron chi connectivity index (χ3n) is 3.74. The molecule has 2 aromatic rings. The molecule has 2 rings (SSSR count). The highest BCUT2D eigenvalue weighted by Crippen LogP contribution is 2.34. The van der Waals surface area contributed by atoms with E-state index in [9.17, 15) is 27.6 Å². The molecule has 8 nitrogen and oxygen atoms in total. The summed E-state index contributed by atoms with van der Waals surface area (Å²) >= 11 is 0.773. The van der Waals surface area contributed by atoms with Gasteiger partial charge in [0.15, 0.2) is 0 Å². The average Bonchev–Trinajstić information content (AvgIpc) is 3.14. The lowest BCUT2D eigenvalue weighted by Crippen LogP contribution is -2.24. The maximum atomic E-state index is 13.1. The number of esters is 2. The zero-order valence-corrected chi connectivity index (χ0v) is 16.8. The quantitative estimate of drug-likeness (QED) is 0.703. The fraction of sp³-hybridized carbons (Fsp3) is 0.412. The Labute approximate surface area is 167 Å². The van der Waals surface area contributed by atoms with Gasteiger partial charge in [0, 0.05) is 0 Å². The second-order valence-electron chi connectivity index (χ2n) is 5.85. The lowest BCUT2D eigenvalue weighted by atomic mass is 10.1. The van der Waals surface area contributed by atoms with Crippen LogP contribution in [0.2, 0.25) is 0 Å². The lowest BCUT2D eigenvalue weighted by Gasteiger charge is -2.10. The molecule has 0 aromatic carbocycles. The molecule has 1 amide bonds. The van der Waals surface area contributed by atoms with Crippen LogP contribution in [0.1, 0.15) is 43.9 Å². The number of nitrogens with zero attached hydrogens (tertiary/aromatic N) is 2. The van der Waals surface area contributed by atoms with Crippen LogP contribution in [-0.2, 0) is 27.0 Å². The Morgan fingerprint density at radius 1 is 1.24 bits per heavy atom. The number of ether oxygens (including phenoxy) is 2. The fourth-order valence-electron chi connectivity index (χ4n) is 2.54. The highest BCUT2D eigenvalue weighted by Gasteiger charge is 2.36. The third kappa shape index (κ3) is 4.94. The fourth-order valence-corrected chi connectivity index (χ4v) is 3.64. The molecule has 29 heavy (non-hydrogen) atoms. The van der Waals surface area contributed by atoms with Crippen molar-refractivity contribution in [1.82, 2.24) is 9.78 Å². The van der Waals surface area contributed by atoms with Gasteiger partial charge in [0.25, 0.3) is 0 Å². The van der Waals surface area contributed by atoms with E-state index >= 15 is 0 Å². The standard InChI is InChI=1S/C17H18F3N3O5S/c1-5-28-16(26)13-9(3)12(15(25)27-4)14(29-13)21-11(24)7-23-10(17(18,19)20)6-8(2)22-23/h6H,5,7H2,1-4H3,(H,21,24). The predicted molar refractivity (Wildman–Crippen MR) is 96.9 cm³/mol. The number of carbonyl (C=O) groups is 3. The van der Waals surface area contributed by atoms with Crippen molar-refractivity contribution < 1.29 is 37.0 Å². The van der Waals surface area contributed by atoms with Crippen LogP contribution in [-0.4, -0.2) is 41.3 Å². The maximum Gasteiger partial charge on any atom is 0.433 e. The van der Waals surface area contributed by atoms with Gasteiger partial charge in [-0.25, -0.2) is 9.59 Å². The van der Waals surface area contributed by atoms with Gasteiger partial charge in [-0.2, -0.15) is 18.3 Å². The summed E-state index contributed by atoms with van der Waals surface area (Å²) in [6, 6.07) is 0.821. The predicted octanol–water partition coefficient (Wildman–Crippen LogP) is 3.18. The number of hydrogen-bond donors (Lipinski definition) is 1. The van der Waals surface area contributed by atoms with Gasteiger partial charge in [-0.3, -0.25) is 9.48 Å². The number of amides is 1. The first kappa shape index (κ1) is 22.4. The molecule has 0 aliphatic heterocycles. The number of alkyl halides is 3. The molecule has 0 aliphatic carbocycles. The first-order valence-electron chi connectivity index (χ1n) is 8.29. The minimum atomic E-state index is -4.69. The molecule has 2 aromatic heterocycles. The van der Waals surface area contributed by atoms with Gasteiger partial charge in [-0.05, 0) is 32.4 Å². The van der Waals surface area contributed by atoms with Crippen molar-refractivity contribution in [3.63, 3.8) is 0 Å². The molecule has 0 aliphatic rings. The lowest BCUT2D eigenvalue weighted by molar-refractivity contribution is -0.144. The van der Waals surface area contributed by atoms with E-state index in [0.29, 0.717) is 4.68 Å². The number of carbonyl (C=O) groups excluding carboxylic acids is 3. The van der Waals surface area contributed by atoms with Gasteiger partial charge in [-0.1, -0.05) is 0 Å². The van der Waals surface area contributed by atoms with Gasteiger partial charge in [0.05, 0.1) is 25.0 Å². The molecule has 0 saturated carbocycles. The van der Waals surface area contributed by atoms with Crippen LogP contribution >= 0.6 is 11.3 Å². The Morgan fingerprint density at radius 2 is 1.90 bits per heavy atom. The van der Waals surface area contributed by atoms with Gasteiger partial charge >= 0.3 is 18.1 Å². The molecule has 2 heterocycles. The van der Waals surface area contributed by atoms with E-state index in [1.54, 1.807) is 6.92 Å². The van der Waals surface area contributed by atoms with E-state index in [4.69, 9.17) is 4.74 Å². The summed E-state index contributed by atoms with van der Waals surface area (Å²) in [6.07, 6.45) is -4.69. The molecule has 0 saturated heterocycles. The number of methoxy groups -OCH3 is 1. The van der Waals surface area contributed by atoms with Gasteiger partial charge in [0.1, 0.15) is 22.1 Å². The Bertz CT molecular complexity index is 949. The van der Waals surface area contributed by atoms with E-state index in [-0.39, 0.29) is 33.3 Å². The Hall–Kier alpha value is -2.89. The van der Waals surface area contributed by atoms with E-state index in [0.717, 1.165) is 24.5 Å². The molecule has 0 bridgehead atoms. The SMILES string of the molecule is CCOC(=O)c1sc(NC(=O)Cn2nc(C)cc2C(F)(F)F)c(C(=O)OC)c1C. The molecule has 12 heteroatoms. The molecule has 0 atom stereocenters. The van der Waals surface area contributed by atoms with E-state index in [1.807, 2.05) is 0 Å². The van der Waals surface area contributed by atoms with Crippen molar-refractivity contribution in [3.8, 4) is 0 Å². The van der Waals surface area contributed by atoms with Gasteiger partial charge in [-0.15, -0.1) is 11.3 Å². The first-order valence-corrected chi connectivity index (χ1v) is 9.11. The van der Waals surface area contributed by atoms with Gasteiger partial charge < -0.3 is 14.8 Å². The maximum absolute atomic E-state index is 13.1. The van der Waals surface area contributed by atoms with Crippen molar-refractivity contribution in [3.05, 3.63) is 33.5 Å².